The van der Waals surface area contributed by atoms with Crippen LogP contribution in [-0.2, 0) is 27.4 Å². The van der Waals surface area contributed by atoms with E-state index in [0.717, 1.165) is 17.3 Å². The molecule has 210 valence electrons. The number of carbonyl (C=O) groups is 1. The number of hydrogen-bond donors (Lipinski definition) is 1. The molecule has 0 fully saturated rings. The van der Waals surface area contributed by atoms with Crippen molar-refractivity contribution in [2.24, 2.45) is 7.05 Å². The molecular formula is C29H28N6O4S2. The maximum atomic E-state index is 13.2. The van der Waals surface area contributed by atoms with E-state index in [1.54, 1.807) is 47.5 Å². The molecule has 1 amide bonds. The zero-order chi connectivity index (χ0) is 29.1. The zero-order valence-corrected chi connectivity index (χ0v) is 24.3. The normalized spacial score (nSPS) is 11.5. The van der Waals surface area contributed by atoms with Crippen LogP contribution in [0.3, 0.4) is 0 Å². The molecule has 0 aliphatic carbocycles. The Hall–Kier alpha value is -4.42. The van der Waals surface area contributed by atoms with E-state index < -0.39 is 15.7 Å². The topological polar surface area (TPSA) is 121 Å². The van der Waals surface area contributed by atoms with Gasteiger partial charge in [-0.1, -0.05) is 65.9 Å². The molecule has 5 rings (SSSR count). The van der Waals surface area contributed by atoms with Gasteiger partial charge in [0.1, 0.15) is 11.4 Å². The Morgan fingerprint density at radius 2 is 1.49 bits per heavy atom. The highest BCUT2D eigenvalue weighted by Gasteiger charge is 2.24. The molecule has 12 heteroatoms. The van der Waals surface area contributed by atoms with Crippen LogP contribution in [0.2, 0.25) is 0 Å². The van der Waals surface area contributed by atoms with Gasteiger partial charge in [0.2, 0.25) is 5.91 Å². The van der Waals surface area contributed by atoms with Gasteiger partial charge in [0.15, 0.2) is 20.8 Å². The number of sulfone groups is 1. The fourth-order valence-corrected chi connectivity index (χ4v) is 6.36. The second-order valence-corrected chi connectivity index (χ2v) is 12.3. The molecule has 2 heterocycles. The van der Waals surface area contributed by atoms with Crippen LogP contribution >= 0.6 is 11.8 Å². The van der Waals surface area contributed by atoms with Crippen LogP contribution in [0, 0.1) is 13.8 Å². The van der Waals surface area contributed by atoms with Crippen LogP contribution in [0.5, 0.6) is 0 Å². The molecule has 0 saturated heterocycles. The maximum absolute atomic E-state index is 13.2. The van der Waals surface area contributed by atoms with Gasteiger partial charge in [-0.15, -0.1) is 10.2 Å². The number of hydrogen-bond acceptors (Lipinski definition) is 7. The van der Waals surface area contributed by atoms with Gasteiger partial charge in [0, 0.05) is 12.7 Å². The lowest BCUT2D eigenvalue weighted by Gasteiger charge is -2.11. The zero-order valence-electron chi connectivity index (χ0n) is 22.7. The first-order chi connectivity index (χ1) is 19.7. The number of para-hydroxylation sites is 2. The van der Waals surface area contributed by atoms with E-state index in [9.17, 15) is 18.0 Å². The van der Waals surface area contributed by atoms with E-state index in [1.165, 1.54) is 4.68 Å². The van der Waals surface area contributed by atoms with Gasteiger partial charge in [-0.3, -0.25) is 18.8 Å². The molecule has 0 unspecified atom stereocenters. The van der Waals surface area contributed by atoms with Crippen molar-refractivity contribution in [2.45, 2.75) is 29.7 Å². The van der Waals surface area contributed by atoms with E-state index in [1.807, 2.05) is 67.6 Å². The first kappa shape index (κ1) is 28.1. The summed E-state index contributed by atoms with van der Waals surface area (Å²) in [5.74, 6) is -0.622. The molecule has 41 heavy (non-hydrogen) atoms. The maximum Gasteiger partial charge on any atom is 0.295 e. The monoisotopic (exact) mass is 588 g/mol. The minimum Gasteiger partial charge on any atom is -0.319 e. The lowest BCUT2D eigenvalue weighted by atomic mass is 10.2. The fraction of sp³-hybridized carbons (Fsp3) is 0.172. The van der Waals surface area contributed by atoms with Crippen molar-refractivity contribution in [3.63, 3.8) is 0 Å². The number of aryl methyl sites for hydroxylation is 1. The van der Waals surface area contributed by atoms with Crippen molar-refractivity contribution in [3.8, 4) is 11.4 Å². The van der Waals surface area contributed by atoms with Crippen LogP contribution in [-0.4, -0.2) is 44.2 Å². The van der Waals surface area contributed by atoms with Gasteiger partial charge in [-0.2, -0.15) is 0 Å². The Morgan fingerprint density at radius 3 is 2.12 bits per heavy atom. The summed E-state index contributed by atoms with van der Waals surface area (Å²) in [5, 5.41) is 11.5. The quantitative estimate of drug-likeness (QED) is 0.258. The average molecular weight is 589 g/mol. The minimum atomic E-state index is -3.70. The van der Waals surface area contributed by atoms with E-state index >= 15 is 0 Å². The summed E-state index contributed by atoms with van der Waals surface area (Å²) >= 11 is 1.10. The average Bonchev–Trinajstić information content (AvgIpc) is 3.45. The van der Waals surface area contributed by atoms with Gasteiger partial charge in [-0.25, -0.2) is 13.1 Å². The molecule has 0 spiro atoms. The Kier molecular flexibility index (Phi) is 7.95. The smallest absolute Gasteiger partial charge is 0.295 e. The van der Waals surface area contributed by atoms with Crippen molar-refractivity contribution in [3.05, 3.63) is 112 Å². The van der Waals surface area contributed by atoms with Gasteiger partial charge in [0.05, 0.1) is 22.0 Å². The Labute approximate surface area is 241 Å². The standard InChI is InChI=1S/C29H28N6O4S2/c1-20-14-16-24(17-15-20)41(38,39)19-25-31-32-29(34(25)22-10-6-4-7-11-22)40-18-26(36)30-27-21(2)33(3)35(28(27)37)23-12-8-5-9-13-23/h4-17H,18-19H2,1-3H3,(H,30,36). The lowest BCUT2D eigenvalue weighted by Crippen LogP contribution is -2.23. The summed E-state index contributed by atoms with van der Waals surface area (Å²) in [6.45, 7) is 3.65. The largest absolute Gasteiger partial charge is 0.319 e. The Bertz CT molecular complexity index is 1860. The third-order valence-corrected chi connectivity index (χ3v) is 9.12. The first-order valence-corrected chi connectivity index (χ1v) is 15.4. The molecule has 0 atom stereocenters. The van der Waals surface area contributed by atoms with Crippen LogP contribution in [0.15, 0.2) is 99.8 Å². The number of anilines is 1. The van der Waals surface area contributed by atoms with Crippen LogP contribution in [0.25, 0.3) is 11.4 Å². The number of aromatic nitrogens is 5. The Morgan fingerprint density at radius 1 is 0.878 bits per heavy atom. The van der Waals surface area contributed by atoms with Crippen LogP contribution in [0.4, 0.5) is 5.69 Å². The molecule has 0 saturated carbocycles. The van der Waals surface area contributed by atoms with Crippen molar-refractivity contribution < 1.29 is 13.2 Å². The number of amides is 1. The Balaban J connectivity index is 1.38. The van der Waals surface area contributed by atoms with Gasteiger partial charge in [0.25, 0.3) is 5.56 Å². The summed E-state index contributed by atoms with van der Waals surface area (Å²) in [7, 11) is -1.95. The van der Waals surface area contributed by atoms with Crippen LogP contribution < -0.4 is 10.9 Å². The van der Waals surface area contributed by atoms with Gasteiger partial charge >= 0.3 is 0 Å². The molecule has 10 nitrogen and oxygen atoms in total. The number of rotatable bonds is 9. The summed E-state index contributed by atoms with van der Waals surface area (Å²) < 4.78 is 31.2. The highest BCUT2D eigenvalue weighted by atomic mass is 32.2. The SMILES string of the molecule is Cc1ccc(S(=O)(=O)Cc2nnc(SCC(=O)Nc3c(C)n(C)n(-c4ccccc4)c3=O)n2-c2ccccc2)cc1. The number of carbonyl (C=O) groups excluding carboxylic acids is 1. The molecule has 1 N–H and O–H groups in total. The van der Waals surface area contributed by atoms with Gasteiger partial charge in [-0.05, 0) is 50.2 Å². The summed E-state index contributed by atoms with van der Waals surface area (Å²) in [6, 6.07) is 24.9. The van der Waals surface area contributed by atoms with Crippen molar-refractivity contribution in [2.75, 3.05) is 11.1 Å². The van der Waals surface area contributed by atoms with Crippen molar-refractivity contribution in [1.82, 2.24) is 24.1 Å². The molecule has 5 aromatic rings. The first-order valence-electron chi connectivity index (χ1n) is 12.7. The van der Waals surface area contributed by atoms with Gasteiger partial charge < -0.3 is 5.32 Å². The summed E-state index contributed by atoms with van der Waals surface area (Å²) in [4.78, 5) is 26.4. The van der Waals surface area contributed by atoms with E-state index in [0.29, 0.717) is 22.2 Å². The highest BCUT2D eigenvalue weighted by molar-refractivity contribution is 7.99. The lowest BCUT2D eigenvalue weighted by molar-refractivity contribution is -0.113. The van der Waals surface area contributed by atoms with E-state index in [-0.39, 0.29) is 33.5 Å². The van der Waals surface area contributed by atoms with Crippen molar-refractivity contribution in [1.29, 1.82) is 0 Å². The number of thioether (sulfide) groups is 1. The second-order valence-electron chi connectivity index (χ2n) is 9.42. The molecule has 3 aromatic carbocycles. The molecule has 0 bridgehead atoms. The second kappa shape index (κ2) is 11.6. The third kappa shape index (κ3) is 5.88. The van der Waals surface area contributed by atoms with Crippen molar-refractivity contribution >= 4 is 33.2 Å². The molecule has 2 aromatic heterocycles. The van der Waals surface area contributed by atoms with E-state index in [2.05, 4.69) is 15.5 Å². The number of benzene rings is 3. The highest BCUT2D eigenvalue weighted by Crippen LogP contribution is 2.25. The minimum absolute atomic E-state index is 0.0746. The summed E-state index contributed by atoms with van der Waals surface area (Å²) in [5.41, 5.74) is 2.76. The predicted octanol–water partition coefficient (Wildman–Crippen LogP) is 4.08. The van der Waals surface area contributed by atoms with E-state index in [4.69, 9.17) is 0 Å². The fourth-order valence-electron chi connectivity index (χ4n) is 4.34. The third-order valence-electron chi connectivity index (χ3n) is 6.56. The molecule has 0 radical (unpaired) electrons. The van der Waals surface area contributed by atoms with Crippen LogP contribution in [0.1, 0.15) is 17.1 Å². The number of nitrogens with zero attached hydrogens (tertiary/aromatic N) is 5. The molecule has 0 aliphatic rings. The number of nitrogens with one attached hydrogen (secondary N) is 1. The molecule has 0 aliphatic heterocycles. The summed E-state index contributed by atoms with van der Waals surface area (Å²) in [6.07, 6.45) is 0. The molecular weight excluding hydrogens is 560 g/mol. The predicted molar refractivity (Wildman–Crippen MR) is 159 cm³/mol.